The molecule has 0 saturated heterocycles. The molecular weight excluding hydrogens is 297 g/mol. The largest absolute Gasteiger partial charge is 0.336 e. The lowest BCUT2D eigenvalue weighted by Crippen LogP contribution is -2.38. The third-order valence-electron chi connectivity index (χ3n) is 3.53. The zero-order valence-corrected chi connectivity index (χ0v) is 12.0. The van der Waals surface area contributed by atoms with Crippen molar-refractivity contribution in [3.8, 4) is 0 Å². The van der Waals surface area contributed by atoms with Crippen LogP contribution in [-0.4, -0.2) is 23.4 Å². The van der Waals surface area contributed by atoms with Crippen LogP contribution in [0.25, 0.3) is 0 Å². The number of amides is 1. The van der Waals surface area contributed by atoms with Crippen LogP contribution < -0.4 is 0 Å². The number of benzene rings is 1. The predicted molar refractivity (Wildman–Crippen MR) is 73.1 cm³/mol. The van der Waals surface area contributed by atoms with Gasteiger partial charge in [0.1, 0.15) is 5.82 Å². The molecule has 0 N–H and O–H groups in total. The van der Waals surface area contributed by atoms with Gasteiger partial charge in [-0.25, -0.2) is 4.39 Å². The van der Waals surface area contributed by atoms with Crippen LogP contribution in [0.2, 0.25) is 0 Å². The van der Waals surface area contributed by atoms with Crippen molar-refractivity contribution in [1.82, 2.24) is 4.90 Å². The third kappa shape index (κ3) is 2.74. The molecule has 0 unspecified atom stereocenters. The van der Waals surface area contributed by atoms with E-state index in [2.05, 4.69) is 15.9 Å². The van der Waals surface area contributed by atoms with Gasteiger partial charge in [0.2, 0.25) is 0 Å². The van der Waals surface area contributed by atoms with E-state index in [-0.39, 0.29) is 11.7 Å². The fourth-order valence-electron chi connectivity index (χ4n) is 2.60. The van der Waals surface area contributed by atoms with Crippen LogP contribution >= 0.6 is 15.9 Å². The van der Waals surface area contributed by atoms with Crippen molar-refractivity contribution in [2.24, 2.45) is 0 Å². The van der Waals surface area contributed by atoms with E-state index in [1.807, 2.05) is 11.8 Å². The lowest BCUT2D eigenvalue weighted by Gasteiger charge is -2.28. The van der Waals surface area contributed by atoms with Gasteiger partial charge in [0.05, 0.1) is 5.56 Å². The molecule has 1 saturated carbocycles. The Bertz CT molecular complexity index is 443. The van der Waals surface area contributed by atoms with Crippen LogP contribution in [0.1, 0.15) is 43.0 Å². The molecule has 1 amide bonds. The van der Waals surface area contributed by atoms with Crippen molar-refractivity contribution >= 4 is 21.8 Å². The monoisotopic (exact) mass is 313 g/mol. The van der Waals surface area contributed by atoms with Gasteiger partial charge in [-0.15, -0.1) is 0 Å². The van der Waals surface area contributed by atoms with E-state index < -0.39 is 0 Å². The highest BCUT2D eigenvalue weighted by molar-refractivity contribution is 9.10. The van der Waals surface area contributed by atoms with E-state index in [0.29, 0.717) is 22.6 Å². The Balaban J connectivity index is 2.25. The van der Waals surface area contributed by atoms with E-state index in [1.54, 1.807) is 6.07 Å². The maximum absolute atomic E-state index is 13.3. The summed E-state index contributed by atoms with van der Waals surface area (Å²) in [5, 5.41) is 0. The van der Waals surface area contributed by atoms with Crippen molar-refractivity contribution in [2.45, 2.75) is 38.6 Å². The minimum absolute atomic E-state index is 0.0734. The van der Waals surface area contributed by atoms with Gasteiger partial charge in [-0.05, 0) is 53.9 Å². The Morgan fingerprint density at radius 3 is 2.72 bits per heavy atom. The van der Waals surface area contributed by atoms with Gasteiger partial charge in [-0.1, -0.05) is 12.8 Å². The molecule has 0 radical (unpaired) electrons. The summed E-state index contributed by atoms with van der Waals surface area (Å²) in [4.78, 5) is 14.3. The predicted octanol–water partition coefficient (Wildman–Crippen LogP) is 3.99. The number of halogens is 2. The number of hydrogen-bond donors (Lipinski definition) is 0. The van der Waals surface area contributed by atoms with Crippen LogP contribution in [0.15, 0.2) is 22.7 Å². The molecule has 1 aromatic carbocycles. The molecule has 0 heterocycles. The fourth-order valence-corrected chi connectivity index (χ4v) is 3.02. The summed E-state index contributed by atoms with van der Waals surface area (Å²) in [7, 11) is 0. The summed E-state index contributed by atoms with van der Waals surface area (Å²) in [5.41, 5.74) is 0.420. The Morgan fingerprint density at radius 2 is 2.11 bits per heavy atom. The smallest absolute Gasteiger partial charge is 0.255 e. The van der Waals surface area contributed by atoms with Gasteiger partial charge in [0.15, 0.2) is 0 Å². The van der Waals surface area contributed by atoms with Crippen molar-refractivity contribution in [3.63, 3.8) is 0 Å². The molecular formula is C14H17BrFNO. The number of hydrogen-bond acceptors (Lipinski definition) is 1. The van der Waals surface area contributed by atoms with Gasteiger partial charge < -0.3 is 4.90 Å². The first kappa shape index (κ1) is 13.5. The summed E-state index contributed by atoms with van der Waals surface area (Å²) < 4.78 is 13.9. The molecule has 2 nitrogen and oxygen atoms in total. The fraction of sp³-hybridized carbons (Fsp3) is 0.500. The van der Waals surface area contributed by atoms with Crippen LogP contribution in [-0.2, 0) is 0 Å². The van der Waals surface area contributed by atoms with Crippen LogP contribution in [0, 0.1) is 5.82 Å². The van der Waals surface area contributed by atoms with Gasteiger partial charge in [0, 0.05) is 17.1 Å². The van der Waals surface area contributed by atoms with Crippen LogP contribution in [0.3, 0.4) is 0 Å². The quantitative estimate of drug-likeness (QED) is 0.826. The molecule has 1 aliphatic rings. The normalized spacial score (nSPS) is 15.9. The van der Waals surface area contributed by atoms with E-state index in [0.717, 1.165) is 12.8 Å². The Kier molecular flexibility index (Phi) is 4.38. The highest BCUT2D eigenvalue weighted by Gasteiger charge is 2.27. The Hall–Kier alpha value is -0.900. The molecule has 98 valence electrons. The van der Waals surface area contributed by atoms with E-state index in [4.69, 9.17) is 0 Å². The third-order valence-corrected chi connectivity index (χ3v) is 4.22. The first-order valence-corrected chi connectivity index (χ1v) is 7.18. The average molecular weight is 314 g/mol. The molecule has 0 bridgehead atoms. The summed E-state index contributed by atoms with van der Waals surface area (Å²) in [5.74, 6) is -0.445. The van der Waals surface area contributed by atoms with Crippen LogP contribution in [0.4, 0.5) is 4.39 Å². The maximum Gasteiger partial charge on any atom is 0.255 e. The summed E-state index contributed by atoms with van der Waals surface area (Å²) in [6.07, 6.45) is 4.48. The van der Waals surface area contributed by atoms with Crippen molar-refractivity contribution in [3.05, 3.63) is 34.1 Å². The average Bonchev–Trinajstić information content (AvgIpc) is 2.87. The zero-order valence-electron chi connectivity index (χ0n) is 10.5. The molecule has 2 rings (SSSR count). The van der Waals surface area contributed by atoms with Gasteiger partial charge in [-0.3, -0.25) is 4.79 Å². The highest BCUT2D eigenvalue weighted by atomic mass is 79.9. The summed E-state index contributed by atoms with van der Waals surface area (Å²) in [6.45, 7) is 2.65. The SMILES string of the molecule is CCN(C(=O)c1cc(F)ccc1Br)C1CCCC1. The van der Waals surface area contributed by atoms with E-state index in [1.165, 1.54) is 25.0 Å². The molecule has 1 aliphatic carbocycles. The summed E-state index contributed by atoms with van der Waals surface area (Å²) in [6, 6.07) is 4.57. The zero-order chi connectivity index (χ0) is 13.1. The molecule has 0 atom stereocenters. The molecule has 4 heteroatoms. The molecule has 0 aliphatic heterocycles. The summed E-state index contributed by atoms with van der Waals surface area (Å²) >= 11 is 3.32. The molecule has 18 heavy (non-hydrogen) atoms. The number of rotatable bonds is 3. The van der Waals surface area contributed by atoms with Gasteiger partial charge in [-0.2, -0.15) is 0 Å². The van der Waals surface area contributed by atoms with Gasteiger partial charge in [0.25, 0.3) is 5.91 Å². The lowest BCUT2D eigenvalue weighted by molar-refractivity contribution is 0.0692. The van der Waals surface area contributed by atoms with Crippen molar-refractivity contribution < 1.29 is 9.18 Å². The number of nitrogens with zero attached hydrogens (tertiary/aromatic N) is 1. The number of carbonyl (C=O) groups is 1. The van der Waals surface area contributed by atoms with Crippen molar-refractivity contribution in [2.75, 3.05) is 6.54 Å². The topological polar surface area (TPSA) is 20.3 Å². The van der Waals surface area contributed by atoms with E-state index >= 15 is 0 Å². The van der Waals surface area contributed by atoms with Gasteiger partial charge >= 0.3 is 0 Å². The van der Waals surface area contributed by atoms with Crippen molar-refractivity contribution in [1.29, 1.82) is 0 Å². The first-order chi connectivity index (χ1) is 8.63. The maximum atomic E-state index is 13.3. The minimum Gasteiger partial charge on any atom is -0.336 e. The molecule has 1 aromatic rings. The number of carbonyl (C=O) groups excluding carboxylic acids is 1. The van der Waals surface area contributed by atoms with Crippen LogP contribution in [0.5, 0.6) is 0 Å². The standard InChI is InChI=1S/C14H17BrFNO/c1-2-17(11-5-3-4-6-11)14(18)12-9-10(16)7-8-13(12)15/h7-9,11H,2-6H2,1H3. The van der Waals surface area contributed by atoms with E-state index in [9.17, 15) is 9.18 Å². The lowest BCUT2D eigenvalue weighted by atomic mass is 10.1. The molecule has 1 fully saturated rings. The Morgan fingerprint density at radius 1 is 1.44 bits per heavy atom. The Labute approximate surface area is 115 Å². The first-order valence-electron chi connectivity index (χ1n) is 6.39. The second-order valence-electron chi connectivity index (χ2n) is 4.65. The molecule has 0 aromatic heterocycles. The highest BCUT2D eigenvalue weighted by Crippen LogP contribution is 2.27. The molecule has 0 spiro atoms. The minimum atomic E-state index is -0.371. The second kappa shape index (κ2) is 5.83. The second-order valence-corrected chi connectivity index (χ2v) is 5.51.